The van der Waals surface area contributed by atoms with Crippen LogP contribution in [0.3, 0.4) is 0 Å². The number of aryl methyl sites for hydroxylation is 1. The van der Waals surface area contributed by atoms with Crippen LogP contribution in [0.2, 0.25) is 0 Å². The van der Waals surface area contributed by atoms with E-state index < -0.39 is 5.91 Å². The van der Waals surface area contributed by atoms with Gasteiger partial charge in [-0.1, -0.05) is 18.2 Å². The predicted molar refractivity (Wildman–Crippen MR) is 99.0 cm³/mol. The van der Waals surface area contributed by atoms with Gasteiger partial charge in [0.25, 0.3) is 5.91 Å². The van der Waals surface area contributed by atoms with Crippen LogP contribution in [0.4, 0.5) is 0 Å². The highest BCUT2D eigenvalue weighted by Gasteiger charge is 2.12. The number of aromatic nitrogens is 2. The zero-order chi connectivity index (χ0) is 18.4. The van der Waals surface area contributed by atoms with Crippen LogP contribution in [0.5, 0.6) is 5.75 Å². The molecule has 0 atom stereocenters. The van der Waals surface area contributed by atoms with Gasteiger partial charge in [0.15, 0.2) is 11.5 Å². The Morgan fingerprint density at radius 2 is 2.15 bits per heavy atom. The van der Waals surface area contributed by atoms with Crippen molar-refractivity contribution in [2.75, 3.05) is 7.11 Å². The van der Waals surface area contributed by atoms with E-state index in [-0.39, 0.29) is 5.69 Å². The number of carbonyl (C=O) groups excluding carboxylic acids is 1. The Hall–Kier alpha value is -3.61. The van der Waals surface area contributed by atoms with E-state index in [0.29, 0.717) is 11.5 Å². The van der Waals surface area contributed by atoms with Crippen molar-refractivity contribution >= 4 is 18.2 Å². The lowest BCUT2D eigenvalue weighted by Crippen LogP contribution is -2.17. The van der Waals surface area contributed by atoms with Crippen LogP contribution in [0.15, 0.2) is 58.1 Å². The molecular weight excluding hydrogens is 332 g/mol. The number of ether oxygens (including phenoxy) is 1. The first-order chi connectivity index (χ1) is 12.7. The maximum absolute atomic E-state index is 12.0. The van der Waals surface area contributed by atoms with Crippen molar-refractivity contribution in [1.29, 1.82) is 0 Å². The minimum absolute atomic E-state index is 0.222. The van der Waals surface area contributed by atoms with Crippen LogP contribution in [-0.4, -0.2) is 29.4 Å². The first kappa shape index (κ1) is 17.2. The van der Waals surface area contributed by atoms with Crippen molar-refractivity contribution in [3.05, 3.63) is 65.6 Å². The van der Waals surface area contributed by atoms with Crippen LogP contribution >= 0.6 is 0 Å². The second-order valence-corrected chi connectivity index (χ2v) is 5.40. The fraction of sp³-hybridized carbons (Fsp3) is 0.105. The number of nitrogens with one attached hydrogen (secondary N) is 2. The summed E-state index contributed by atoms with van der Waals surface area (Å²) in [5.74, 6) is 1.75. The second kappa shape index (κ2) is 7.98. The normalized spacial score (nSPS) is 11.3. The molecule has 2 aromatic heterocycles. The number of carbonyl (C=O) groups is 1. The molecule has 1 aromatic carbocycles. The molecule has 0 saturated heterocycles. The fourth-order valence-electron chi connectivity index (χ4n) is 2.29. The van der Waals surface area contributed by atoms with Crippen LogP contribution < -0.4 is 10.2 Å². The maximum Gasteiger partial charge on any atom is 0.291 e. The van der Waals surface area contributed by atoms with Gasteiger partial charge in [-0.25, -0.2) is 5.43 Å². The van der Waals surface area contributed by atoms with Crippen molar-refractivity contribution in [1.82, 2.24) is 15.6 Å². The van der Waals surface area contributed by atoms with Crippen molar-refractivity contribution in [2.45, 2.75) is 6.92 Å². The van der Waals surface area contributed by atoms with E-state index in [1.54, 1.807) is 19.3 Å². The van der Waals surface area contributed by atoms with E-state index in [1.807, 2.05) is 49.4 Å². The molecule has 0 radical (unpaired) electrons. The van der Waals surface area contributed by atoms with Gasteiger partial charge < -0.3 is 9.15 Å². The Balaban J connectivity index is 1.58. The molecule has 0 spiro atoms. The first-order valence-corrected chi connectivity index (χ1v) is 7.92. The van der Waals surface area contributed by atoms with Crippen LogP contribution in [-0.2, 0) is 0 Å². The minimum atomic E-state index is -0.419. The number of para-hydroxylation sites is 1. The topological polar surface area (TPSA) is 92.5 Å². The average Bonchev–Trinajstić information content (AvgIpc) is 3.30. The minimum Gasteiger partial charge on any atom is -0.496 e. The standard InChI is InChI=1S/C19H18N4O3/c1-13-9-10-18(26-13)15-12-16(22-21-15)19(24)23-20-11-5-7-14-6-3-4-8-17(14)25-2/h3-12H,1-2H3,(H,21,22)(H,23,24)/b7-5+,20-11+. The number of benzene rings is 1. The summed E-state index contributed by atoms with van der Waals surface area (Å²) in [4.78, 5) is 12.0. The van der Waals surface area contributed by atoms with Gasteiger partial charge in [0.05, 0.1) is 7.11 Å². The van der Waals surface area contributed by atoms with Gasteiger partial charge in [-0.15, -0.1) is 0 Å². The lowest BCUT2D eigenvalue weighted by Gasteiger charge is -2.02. The molecule has 7 nitrogen and oxygen atoms in total. The van der Waals surface area contributed by atoms with Crippen molar-refractivity contribution < 1.29 is 13.9 Å². The molecule has 0 unspecified atom stereocenters. The number of nitrogens with zero attached hydrogens (tertiary/aromatic N) is 2. The van der Waals surface area contributed by atoms with E-state index in [9.17, 15) is 4.79 Å². The second-order valence-electron chi connectivity index (χ2n) is 5.40. The number of H-pyrrole nitrogens is 1. The highest BCUT2D eigenvalue weighted by molar-refractivity contribution is 5.93. The summed E-state index contributed by atoms with van der Waals surface area (Å²) in [6, 6.07) is 12.9. The summed E-state index contributed by atoms with van der Waals surface area (Å²) >= 11 is 0. The Labute approximate surface area is 150 Å². The van der Waals surface area contributed by atoms with E-state index >= 15 is 0 Å². The number of hydrogen-bond acceptors (Lipinski definition) is 5. The van der Waals surface area contributed by atoms with Crippen LogP contribution in [0.1, 0.15) is 21.8 Å². The fourth-order valence-corrected chi connectivity index (χ4v) is 2.29. The first-order valence-electron chi connectivity index (χ1n) is 7.92. The van der Waals surface area contributed by atoms with Gasteiger partial charge in [-0.2, -0.15) is 10.2 Å². The van der Waals surface area contributed by atoms with E-state index in [1.165, 1.54) is 6.21 Å². The molecule has 26 heavy (non-hydrogen) atoms. The largest absolute Gasteiger partial charge is 0.496 e. The van der Waals surface area contributed by atoms with E-state index in [0.717, 1.165) is 17.1 Å². The highest BCUT2D eigenvalue weighted by Crippen LogP contribution is 2.20. The summed E-state index contributed by atoms with van der Waals surface area (Å²) in [6.07, 6.45) is 5.02. The zero-order valence-electron chi connectivity index (χ0n) is 14.4. The van der Waals surface area contributed by atoms with Crippen molar-refractivity contribution in [3.8, 4) is 17.2 Å². The van der Waals surface area contributed by atoms with E-state index in [2.05, 4.69) is 20.7 Å². The number of allylic oxidation sites excluding steroid dienone is 1. The van der Waals surface area contributed by atoms with Crippen molar-refractivity contribution in [3.63, 3.8) is 0 Å². The molecule has 0 aliphatic heterocycles. The number of methoxy groups -OCH3 is 1. The summed E-state index contributed by atoms with van der Waals surface area (Å²) in [5, 5.41) is 10.6. The number of rotatable bonds is 6. The SMILES string of the molecule is COc1ccccc1/C=C/C=N/NC(=O)c1cc(-c2ccc(C)o2)[nH]n1. The average molecular weight is 350 g/mol. The molecule has 2 heterocycles. The number of aromatic amines is 1. The summed E-state index contributed by atoms with van der Waals surface area (Å²) < 4.78 is 10.7. The monoisotopic (exact) mass is 350 g/mol. The molecule has 132 valence electrons. The Morgan fingerprint density at radius 1 is 1.31 bits per heavy atom. The van der Waals surface area contributed by atoms with Gasteiger partial charge in [0, 0.05) is 17.8 Å². The third-order valence-corrected chi connectivity index (χ3v) is 3.56. The highest BCUT2D eigenvalue weighted by atomic mass is 16.5. The quantitative estimate of drug-likeness (QED) is 0.526. The molecular formula is C19H18N4O3. The van der Waals surface area contributed by atoms with Crippen LogP contribution in [0.25, 0.3) is 17.5 Å². The molecule has 0 bridgehead atoms. The van der Waals surface area contributed by atoms with Gasteiger partial charge in [0.1, 0.15) is 17.2 Å². The van der Waals surface area contributed by atoms with Gasteiger partial charge >= 0.3 is 0 Å². The Bertz CT molecular complexity index is 953. The lowest BCUT2D eigenvalue weighted by molar-refractivity contribution is 0.0950. The number of amides is 1. The smallest absolute Gasteiger partial charge is 0.291 e. The summed E-state index contributed by atoms with van der Waals surface area (Å²) in [5.41, 5.74) is 4.18. The third-order valence-electron chi connectivity index (χ3n) is 3.56. The molecule has 2 N–H and O–H groups in total. The molecule has 3 rings (SSSR count). The van der Waals surface area contributed by atoms with Gasteiger partial charge in [-0.05, 0) is 37.3 Å². The third kappa shape index (κ3) is 4.07. The molecule has 7 heteroatoms. The molecule has 1 amide bonds. The summed E-state index contributed by atoms with van der Waals surface area (Å²) in [6.45, 7) is 1.85. The predicted octanol–water partition coefficient (Wildman–Crippen LogP) is 3.42. The number of furan rings is 1. The molecule has 0 aliphatic carbocycles. The van der Waals surface area contributed by atoms with Crippen molar-refractivity contribution in [2.24, 2.45) is 5.10 Å². The number of hydrogen-bond donors (Lipinski definition) is 2. The Morgan fingerprint density at radius 3 is 2.92 bits per heavy atom. The maximum atomic E-state index is 12.0. The molecule has 3 aromatic rings. The Kier molecular flexibility index (Phi) is 5.28. The molecule has 0 fully saturated rings. The van der Waals surface area contributed by atoms with Crippen LogP contribution in [0, 0.1) is 6.92 Å². The summed E-state index contributed by atoms with van der Waals surface area (Å²) in [7, 11) is 1.61. The lowest BCUT2D eigenvalue weighted by atomic mass is 10.2. The molecule has 0 saturated carbocycles. The van der Waals surface area contributed by atoms with E-state index in [4.69, 9.17) is 9.15 Å². The molecule has 0 aliphatic rings. The van der Waals surface area contributed by atoms with Gasteiger partial charge in [0.2, 0.25) is 0 Å². The zero-order valence-corrected chi connectivity index (χ0v) is 14.4. The number of hydrazone groups is 1. The van der Waals surface area contributed by atoms with Gasteiger partial charge in [-0.3, -0.25) is 9.89 Å².